The highest BCUT2D eigenvalue weighted by Crippen LogP contribution is 2.37. The number of benzene rings is 3. The molecule has 0 saturated carbocycles. The van der Waals surface area contributed by atoms with Crippen molar-refractivity contribution in [3.8, 4) is 5.75 Å². The number of ether oxygens (including phenoxy) is 1. The van der Waals surface area contributed by atoms with Crippen molar-refractivity contribution < 1.29 is 14.3 Å². The predicted molar refractivity (Wildman–Crippen MR) is 132 cm³/mol. The van der Waals surface area contributed by atoms with E-state index in [1.54, 1.807) is 18.2 Å². The molecule has 0 fully saturated rings. The normalized spacial score (nSPS) is 13.6. The lowest BCUT2D eigenvalue weighted by molar-refractivity contribution is -0.120. The number of likely N-dealkylation sites (N-methyl/N-ethyl adjacent to an activating group) is 1. The van der Waals surface area contributed by atoms with Crippen LogP contribution in [0.3, 0.4) is 0 Å². The SMILES string of the molecule is CCOc1cccc(N2C(=O)C(c3ccc(C)c(C)c3)=C(N(CC)c3ccccc3)C2=O)c1. The lowest BCUT2D eigenvalue weighted by Crippen LogP contribution is -2.35. The third-order valence-electron chi connectivity index (χ3n) is 5.90. The molecule has 0 unspecified atom stereocenters. The topological polar surface area (TPSA) is 49.9 Å². The van der Waals surface area contributed by atoms with Gasteiger partial charge in [0.2, 0.25) is 0 Å². The van der Waals surface area contributed by atoms with Gasteiger partial charge in [-0.3, -0.25) is 9.59 Å². The summed E-state index contributed by atoms with van der Waals surface area (Å²) in [5.41, 5.74) is 5.10. The monoisotopic (exact) mass is 440 g/mol. The molecule has 3 aromatic rings. The van der Waals surface area contributed by atoms with Crippen LogP contribution in [0.4, 0.5) is 11.4 Å². The predicted octanol–water partition coefficient (Wildman–Crippen LogP) is 5.51. The van der Waals surface area contributed by atoms with E-state index in [-0.39, 0.29) is 11.8 Å². The van der Waals surface area contributed by atoms with E-state index in [4.69, 9.17) is 4.74 Å². The van der Waals surface area contributed by atoms with E-state index in [0.717, 1.165) is 22.4 Å². The van der Waals surface area contributed by atoms with Crippen molar-refractivity contribution in [2.45, 2.75) is 27.7 Å². The molecule has 0 aromatic heterocycles. The number of rotatable bonds is 7. The average Bonchev–Trinajstić information content (AvgIpc) is 3.07. The maximum absolute atomic E-state index is 13.9. The maximum atomic E-state index is 13.9. The number of imide groups is 1. The van der Waals surface area contributed by atoms with E-state index in [9.17, 15) is 9.59 Å². The Morgan fingerprint density at radius 3 is 2.24 bits per heavy atom. The third kappa shape index (κ3) is 4.14. The summed E-state index contributed by atoms with van der Waals surface area (Å²) in [6.45, 7) is 8.96. The zero-order chi connectivity index (χ0) is 23.5. The Labute approximate surface area is 194 Å². The second-order valence-corrected chi connectivity index (χ2v) is 7.98. The van der Waals surface area contributed by atoms with Gasteiger partial charge in [0.1, 0.15) is 11.4 Å². The number of carbonyl (C=O) groups excluding carboxylic acids is 2. The average molecular weight is 441 g/mol. The lowest BCUT2D eigenvalue weighted by Gasteiger charge is -2.25. The van der Waals surface area contributed by atoms with Crippen LogP contribution in [-0.2, 0) is 9.59 Å². The summed E-state index contributed by atoms with van der Waals surface area (Å²) in [7, 11) is 0. The van der Waals surface area contributed by atoms with Crippen molar-refractivity contribution in [3.63, 3.8) is 0 Å². The molecule has 0 bridgehead atoms. The fourth-order valence-corrected chi connectivity index (χ4v) is 4.12. The number of anilines is 2. The number of para-hydroxylation sites is 1. The molecule has 1 heterocycles. The first-order valence-corrected chi connectivity index (χ1v) is 11.2. The number of carbonyl (C=O) groups is 2. The van der Waals surface area contributed by atoms with E-state index >= 15 is 0 Å². The quantitative estimate of drug-likeness (QED) is 0.455. The first-order valence-electron chi connectivity index (χ1n) is 11.2. The summed E-state index contributed by atoms with van der Waals surface area (Å²) in [5, 5.41) is 0. The molecule has 0 atom stereocenters. The largest absolute Gasteiger partial charge is 0.494 e. The number of aryl methyl sites for hydroxylation is 2. The van der Waals surface area contributed by atoms with Gasteiger partial charge in [0.15, 0.2) is 0 Å². The highest BCUT2D eigenvalue weighted by molar-refractivity contribution is 6.46. The molecule has 168 valence electrons. The summed E-state index contributed by atoms with van der Waals surface area (Å²) in [6.07, 6.45) is 0. The lowest BCUT2D eigenvalue weighted by atomic mass is 9.99. The molecule has 0 N–H and O–H groups in total. The van der Waals surface area contributed by atoms with Crippen molar-refractivity contribution in [2.75, 3.05) is 23.0 Å². The highest BCUT2D eigenvalue weighted by atomic mass is 16.5. The van der Waals surface area contributed by atoms with Crippen LogP contribution in [0, 0.1) is 13.8 Å². The Kier molecular flexibility index (Phi) is 6.31. The molecule has 0 aliphatic carbocycles. The number of hydrogen-bond donors (Lipinski definition) is 0. The molecule has 2 amide bonds. The summed E-state index contributed by atoms with van der Waals surface area (Å²) in [5.74, 6) is -0.0546. The van der Waals surface area contributed by atoms with Gasteiger partial charge in [-0.05, 0) is 68.7 Å². The van der Waals surface area contributed by atoms with E-state index in [1.165, 1.54) is 4.90 Å². The molecule has 4 rings (SSSR count). The minimum absolute atomic E-state index is 0.332. The molecule has 0 radical (unpaired) electrons. The molecule has 0 spiro atoms. The van der Waals surface area contributed by atoms with Crippen LogP contribution in [-0.4, -0.2) is 25.0 Å². The van der Waals surface area contributed by atoms with Crippen LogP contribution < -0.4 is 14.5 Å². The van der Waals surface area contributed by atoms with Crippen LogP contribution >= 0.6 is 0 Å². The minimum Gasteiger partial charge on any atom is -0.494 e. The van der Waals surface area contributed by atoms with Crippen molar-refractivity contribution in [1.29, 1.82) is 0 Å². The molecular weight excluding hydrogens is 412 g/mol. The van der Waals surface area contributed by atoms with Gasteiger partial charge >= 0.3 is 0 Å². The van der Waals surface area contributed by atoms with Gasteiger partial charge in [-0.25, -0.2) is 4.90 Å². The summed E-state index contributed by atoms with van der Waals surface area (Å²) in [6, 6.07) is 22.7. The first-order chi connectivity index (χ1) is 16.0. The van der Waals surface area contributed by atoms with Crippen molar-refractivity contribution in [1.82, 2.24) is 0 Å². The smallest absolute Gasteiger partial charge is 0.282 e. The van der Waals surface area contributed by atoms with Gasteiger partial charge < -0.3 is 9.64 Å². The Hall–Kier alpha value is -3.86. The second kappa shape index (κ2) is 9.33. The van der Waals surface area contributed by atoms with E-state index in [1.807, 2.05) is 87.2 Å². The summed E-state index contributed by atoms with van der Waals surface area (Å²) in [4.78, 5) is 30.9. The molecule has 33 heavy (non-hydrogen) atoms. The highest BCUT2D eigenvalue weighted by Gasteiger charge is 2.42. The van der Waals surface area contributed by atoms with Crippen LogP contribution in [0.2, 0.25) is 0 Å². The van der Waals surface area contributed by atoms with E-state index in [0.29, 0.717) is 35.9 Å². The number of hydrogen-bond acceptors (Lipinski definition) is 4. The molecule has 0 saturated heterocycles. The molecular formula is C28H28N2O3. The fourth-order valence-electron chi connectivity index (χ4n) is 4.12. The number of amides is 2. The van der Waals surface area contributed by atoms with Gasteiger partial charge in [0.25, 0.3) is 11.8 Å². The molecule has 1 aliphatic heterocycles. The molecule has 5 heteroatoms. The fraction of sp³-hybridized carbons (Fsp3) is 0.214. The maximum Gasteiger partial charge on any atom is 0.282 e. The zero-order valence-corrected chi connectivity index (χ0v) is 19.5. The first kappa shape index (κ1) is 22.3. The van der Waals surface area contributed by atoms with Gasteiger partial charge in [-0.2, -0.15) is 0 Å². The van der Waals surface area contributed by atoms with Crippen LogP contribution in [0.25, 0.3) is 5.57 Å². The van der Waals surface area contributed by atoms with Gasteiger partial charge in [-0.15, -0.1) is 0 Å². The van der Waals surface area contributed by atoms with Gasteiger partial charge in [-0.1, -0.05) is 42.5 Å². The molecule has 1 aliphatic rings. The van der Waals surface area contributed by atoms with Crippen molar-refractivity contribution >= 4 is 28.8 Å². The van der Waals surface area contributed by atoms with Gasteiger partial charge in [0.05, 0.1) is 17.9 Å². The van der Waals surface area contributed by atoms with E-state index < -0.39 is 0 Å². The van der Waals surface area contributed by atoms with Crippen LogP contribution in [0.15, 0.2) is 78.5 Å². The number of nitrogens with zero attached hydrogens (tertiary/aromatic N) is 2. The Balaban J connectivity index is 1.90. The standard InChI is InChI=1S/C28H28N2O3/c1-5-29(22-11-8-7-9-12-22)26-25(21-16-15-19(3)20(4)17-21)27(31)30(28(26)32)23-13-10-14-24(18-23)33-6-2/h7-18H,5-6H2,1-4H3. The summed E-state index contributed by atoms with van der Waals surface area (Å²) >= 11 is 0. The van der Waals surface area contributed by atoms with Crippen molar-refractivity contribution in [2.24, 2.45) is 0 Å². The van der Waals surface area contributed by atoms with E-state index in [2.05, 4.69) is 0 Å². The molecule has 3 aromatic carbocycles. The minimum atomic E-state index is -0.340. The Bertz CT molecular complexity index is 1230. The Morgan fingerprint density at radius 1 is 0.818 bits per heavy atom. The summed E-state index contributed by atoms with van der Waals surface area (Å²) < 4.78 is 5.61. The van der Waals surface area contributed by atoms with Crippen LogP contribution in [0.5, 0.6) is 5.75 Å². The van der Waals surface area contributed by atoms with Crippen molar-refractivity contribution in [3.05, 3.63) is 95.2 Å². The third-order valence-corrected chi connectivity index (χ3v) is 5.90. The zero-order valence-electron chi connectivity index (χ0n) is 19.5. The van der Waals surface area contributed by atoms with Crippen LogP contribution in [0.1, 0.15) is 30.5 Å². The van der Waals surface area contributed by atoms with Gasteiger partial charge in [0, 0.05) is 18.3 Å². The second-order valence-electron chi connectivity index (χ2n) is 7.98. The Morgan fingerprint density at radius 2 is 1.58 bits per heavy atom. The molecule has 5 nitrogen and oxygen atoms in total.